The van der Waals surface area contributed by atoms with E-state index in [4.69, 9.17) is 4.74 Å². The number of rotatable bonds is 3. The van der Waals surface area contributed by atoms with E-state index in [2.05, 4.69) is 4.99 Å². The lowest BCUT2D eigenvalue weighted by molar-refractivity contribution is 0.122. The van der Waals surface area contributed by atoms with Crippen molar-refractivity contribution in [3.63, 3.8) is 0 Å². The third-order valence-electron chi connectivity index (χ3n) is 3.44. The zero-order chi connectivity index (χ0) is 14.5. The van der Waals surface area contributed by atoms with Gasteiger partial charge >= 0.3 is 0 Å². The van der Waals surface area contributed by atoms with Crippen LogP contribution in [0, 0.1) is 5.82 Å². The number of halogens is 1. The van der Waals surface area contributed by atoms with Gasteiger partial charge in [0.2, 0.25) is 0 Å². The number of para-hydroxylation sites is 1. The lowest BCUT2D eigenvalue weighted by Crippen LogP contribution is -2.36. The predicted octanol–water partition coefficient (Wildman–Crippen LogP) is 3.41. The maximum Gasteiger partial charge on any atom is 0.147 e. The molecule has 3 rings (SSSR count). The number of anilines is 1. The molecular weight excluding hydrogens is 267 g/mol. The van der Waals surface area contributed by atoms with Crippen LogP contribution in [0.5, 0.6) is 0 Å². The van der Waals surface area contributed by atoms with Crippen molar-refractivity contribution in [3.05, 3.63) is 59.9 Å². The molecule has 1 aliphatic rings. The van der Waals surface area contributed by atoms with Crippen LogP contribution in [0.25, 0.3) is 0 Å². The van der Waals surface area contributed by atoms with Crippen LogP contribution < -0.4 is 4.90 Å². The molecule has 0 unspecified atom stereocenters. The minimum atomic E-state index is -0.214. The molecule has 2 aromatic rings. The molecule has 0 saturated carbocycles. The Balaban J connectivity index is 1.76. The van der Waals surface area contributed by atoms with E-state index in [1.54, 1.807) is 6.21 Å². The summed E-state index contributed by atoms with van der Waals surface area (Å²) in [5.74, 6) is -0.214. The minimum Gasteiger partial charge on any atom is -0.378 e. The van der Waals surface area contributed by atoms with Crippen LogP contribution in [-0.4, -0.2) is 32.5 Å². The third-order valence-corrected chi connectivity index (χ3v) is 3.44. The van der Waals surface area contributed by atoms with Gasteiger partial charge in [0.25, 0.3) is 0 Å². The second kappa shape index (κ2) is 6.50. The number of hydrogen-bond donors (Lipinski definition) is 0. The first kappa shape index (κ1) is 13.8. The standard InChI is InChI=1S/C17H17FN2O/c18-16-12-14(13-19-15-4-2-1-3-5-15)6-7-17(16)20-8-10-21-11-9-20/h1-7,12-13H,8-11H2. The summed E-state index contributed by atoms with van der Waals surface area (Å²) in [6, 6.07) is 14.8. The fraction of sp³-hybridized carbons (Fsp3) is 0.235. The molecule has 2 aromatic carbocycles. The molecule has 0 amide bonds. The Bertz CT molecular complexity index is 622. The van der Waals surface area contributed by atoms with Gasteiger partial charge in [0.05, 0.1) is 24.6 Å². The summed E-state index contributed by atoms with van der Waals surface area (Å²) in [7, 11) is 0. The van der Waals surface area contributed by atoms with Gasteiger partial charge in [-0.25, -0.2) is 4.39 Å². The molecule has 3 nitrogen and oxygen atoms in total. The lowest BCUT2D eigenvalue weighted by atomic mass is 10.2. The summed E-state index contributed by atoms with van der Waals surface area (Å²) >= 11 is 0. The maximum absolute atomic E-state index is 14.2. The second-order valence-corrected chi connectivity index (χ2v) is 4.90. The summed E-state index contributed by atoms with van der Waals surface area (Å²) in [5, 5.41) is 0. The molecule has 0 aliphatic carbocycles. The number of morpholine rings is 1. The molecule has 108 valence electrons. The van der Waals surface area contributed by atoms with Crippen molar-refractivity contribution >= 4 is 17.6 Å². The molecule has 0 radical (unpaired) electrons. The highest BCUT2D eigenvalue weighted by molar-refractivity contribution is 5.82. The van der Waals surface area contributed by atoms with Crippen molar-refractivity contribution in [1.29, 1.82) is 0 Å². The lowest BCUT2D eigenvalue weighted by Gasteiger charge is -2.29. The van der Waals surface area contributed by atoms with Gasteiger partial charge in [0, 0.05) is 19.3 Å². The molecule has 0 bridgehead atoms. The molecule has 0 spiro atoms. The van der Waals surface area contributed by atoms with Crippen LogP contribution >= 0.6 is 0 Å². The summed E-state index contributed by atoms with van der Waals surface area (Å²) < 4.78 is 19.5. The van der Waals surface area contributed by atoms with Gasteiger partial charge < -0.3 is 9.64 Å². The highest BCUT2D eigenvalue weighted by Gasteiger charge is 2.14. The van der Waals surface area contributed by atoms with Gasteiger partial charge in [-0.15, -0.1) is 0 Å². The smallest absolute Gasteiger partial charge is 0.147 e. The van der Waals surface area contributed by atoms with Crippen LogP contribution in [0.3, 0.4) is 0 Å². The Morgan fingerprint density at radius 1 is 1.05 bits per heavy atom. The summed E-state index contributed by atoms with van der Waals surface area (Å²) in [5.41, 5.74) is 2.25. The molecule has 1 fully saturated rings. The van der Waals surface area contributed by atoms with E-state index in [-0.39, 0.29) is 5.82 Å². The minimum absolute atomic E-state index is 0.214. The fourth-order valence-electron chi connectivity index (χ4n) is 2.33. The highest BCUT2D eigenvalue weighted by atomic mass is 19.1. The zero-order valence-electron chi connectivity index (χ0n) is 11.7. The Hall–Kier alpha value is -2.20. The predicted molar refractivity (Wildman–Crippen MR) is 83.1 cm³/mol. The van der Waals surface area contributed by atoms with E-state index in [0.717, 1.165) is 24.3 Å². The van der Waals surface area contributed by atoms with Crippen molar-refractivity contribution in [1.82, 2.24) is 0 Å². The van der Waals surface area contributed by atoms with Gasteiger partial charge in [-0.2, -0.15) is 0 Å². The summed E-state index contributed by atoms with van der Waals surface area (Å²) in [4.78, 5) is 6.35. The van der Waals surface area contributed by atoms with E-state index in [1.807, 2.05) is 47.4 Å². The van der Waals surface area contributed by atoms with Crippen molar-refractivity contribution in [2.45, 2.75) is 0 Å². The second-order valence-electron chi connectivity index (χ2n) is 4.90. The molecule has 0 aromatic heterocycles. The Morgan fingerprint density at radius 2 is 1.81 bits per heavy atom. The normalized spacial score (nSPS) is 15.6. The van der Waals surface area contributed by atoms with E-state index in [9.17, 15) is 4.39 Å². The molecule has 0 N–H and O–H groups in total. The first-order valence-corrected chi connectivity index (χ1v) is 7.04. The largest absolute Gasteiger partial charge is 0.378 e. The average molecular weight is 284 g/mol. The number of ether oxygens (including phenoxy) is 1. The molecule has 0 atom stereocenters. The van der Waals surface area contributed by atoms with E-state index < -0.39 is 0 Å². The van der Waals surface area contributed by atoms with Crippen molar-refractivity contribution in [3.8, 4) is 0 Å². The Labute approximate surface area is 123 Å². The molecule has 1 heterocycles. The Morgan fingerprint density at radius 3 is 2.52 bits per heavy atom. The molecule has 21 heavy (non-hydrogen) atoms. The topological polar surface area (TPSA) is 24.8 Å². The quantitative estimate of drug-likeness (QED) is 0.807. The monoisotopic (exact) mass is 284 g/mol. The van der Waals surface area contributed by atoms with Crippen LogP contribution in [0.1, 0.15) is 5.56 Å². The van der Waals surface area contributed by atoms with Gasteiger partial charge in [0.15, 0.2) is 0 Å². The first-order chi connectivity index (χ1) is 10.3. The molecule has 1 aliphatic heterocycles. The van der Waals surface area contributed by atoms with Gasteiger partial charge in [-0.1, -0.05) is 24.3 Å². The van der Waals surface area contributed by atoms with E-state index >= 15 is 0 Å². The molecular formula is C17H17FN2O. The van der Waals surface area contributed by atoms with Crippen LogP contribution in [0.2, 0.25) is 0 Å². The maximum atomic E-state index is 14.2. The van der Waals surface area contributed by atoms with Gasteiger partial charge in [0.1, 0.15) is 5.82 Å². The summed E-state index contributed by atoms with van der Waals surface area (Å²) in [6.07, 6.45) is 1.68. The Kier molecular flexibility index (Phi) is 4.26. The van der Waals surface area contributed by atoms with E-state index in [0.29, 0.717) is 18.9 Å². The van der Waals surface area contributed by atoms with Crippen molar-refractivity contribution in [2.24, 2.45) is 4.99 Å². The number of hydrogen-bond acceptors (Lipinski definition) is 3. The fourth-order valence-corrected chi connectivity index (χ4v) is 2.33. The molecule has 1 saturated heterocycles. The van der Waals surface area contributed by atoms with Crippen LogP contribution in [-0.2, 0) is 4.74 Å². The average Bonchev–Trinajstić information content (AvgIpc) is 2.55. The van der Waals surface area contributed by atoms with Crippen molar-refractivity contribution < 1.29 is 9.13 Å². The molecule has 4 heteroatoms. The van der Waals surface area contributed by atoms with Crippen molar-refractivity contribution in [2.75, 3.05) is 31.2 Å². The third kappa shape index (κ3) is 3.47. The number of nitrogens with zero attached hydrogens (tertiary/aromatic N) is 2. The number of benzene rings is 2. The first-order valence-electron chi connectivity index (χ1n) is 7.04. The van der Waals surface area contributed by atoms with Gasteiger partial charge in [-0.3, -0.25) is 4.99 Å². The SMILES string of the molecule is Fc1cc(C=Nc2ccccc2)ccc1N1CCOCC1. The zero-order valence-corrected chi connectivity index (χ0v) is 11.7. The highest BCUT2D eigenvalue weighted by Crippen LogP contribution is 2.21. The van der Waals surface area contributed by atoms with Crippen LogP contribution in [0.15, 0.2) is 53.5 Å². The summed E-state index contributed by atoms with van der Waals surface area (Å²) in [6.45, 7) is 2.76. The van der Waals surface area contributed by atoms with E-state index in [1.165, 1.54) is 6.07 Å². The number of aliphatic imine (C=N–C) groups is 1. The van der Waals surface area contributed by atoms with Gasteiger partial charge in [-0.05, 0) is 29.8 Å². The van der Waals surface area contributed by atoms with Crippen LogP contribution in [0.4, 0.5) is 15.8 Å².